The number of rotatable bonds is 5. The number of nitriles is 1. The van der Waals surface area contributed by atoms with Gasteiger partial charge in [0.1, 0.15) is 0 Å². The van der Waals surface area contributed by atoms with Crippen molar-refractivity contribution >= 4 is 23.2 Å². The molecule has 2 N–H and O–H groups in total. The van der Waals surface area contributed by atoms with Crippen LogP contribution in [-0.4, -0.2) is 19.0 Å². The predicted octanol–water partition coefficient (Wildman–Crippen LogP) is 2.80. The normalized spacial score (nSPS) is 10.8. The molecular formula is C12H11ClF3N3O. The van der Waals surface area contributed by atoms with Crippen LogP contribution in [0.1, 0.15) is 12.0 Å². The van der Waals surface area contributed by atoms with Crippen molar-refractivity contribution in [1.82, 2.24) is 5.32 Å². The molecule has 4 nitrogen and oxygen atoms in total. The Hall–Kier alpha value is -1.94. The molecule has 1 aromatic rings. The maximum absolute atomic E-state index is 12.6. The topological polar surface area (TPSA) is 64.9 Å². The third-order valence-corrected chi connectivity index (χ3v) is 2.61. The Kier molecular flexibility index (Phi) is 5.65. The molecule has 0 aliphatic heterocycles. The molecule has 0 atom stereocenters. The van der Waals surface area contributed by atoms with Gasteiger partial charge in [-0.15, -0.1) is 0 Å². The fraction of sp³-hybridized carbons (Fsp3) is 0.333. The molecule has 0 spiro atoms. The van der Waals surface area contributed by atoms with Gasteiger partial charge in [-0.2, -0.15) is 18.4 Å². The Morgan fingerprint density at radius 3 is 2.70 bits per heavy atom. The molecule has 0 radical (unpaired) electrons. The van der Waals surface area contributed by atoms with Crippen molar-refractivity contribution in [3.8, 4) is 6.07 Å². The first kappa shape index (κ1) is 16.1. The monoisotopic (exact) mass is 305 g/mol. The lowest BCUT2D eigenvalue weighted by atomic mass is 10.2. The Labute approximate surface area is 118 Å². The first-order valence-corrected chi connectivity index (χ1v) is 5.96. The van der Waals surface area contributed by atoms with Gasteiger partial charge in [0.15, 0.2) is 0 Å². The van der Waals surface area contributed by atoms with Crippen molar-refractivity contribution in [2.75, 3.05) is 18.4 Å². The molecule has 20 heavy (non-hydrogen) atoms. The van der Waals surface area contributed by atoms with E-state index >= 15 is 0 Å². The molecule has 0 heterocycles. The number of alkyl halides is 3. The molecule has 108 valence electrons. The lowest BCUT2D eigenvalue weighted by Crippen LogP contribution is -2.30. The van der Waals surface area contributed by atoms with Crippen LogP contribution in [0.4, 0.5) is 18.9 Å². The molecule has 0 aliphatic carbocycles. The van der Waals surface area contributed by atoms with E-state index in [9.17, 15) is 18.0 Å². The van der Waals surface area contributed by atoms with Gasteiger partial charge in [-0.05, 0) is 18.2 Å². The minimum absolute atomic E-state index is 0.136. The number of nitrogens with zero attached hydrogens (tertiary/aromatic N) is 1. The quantitative estimate of drug-likeness (QED) is 0.822. The second-order valence-electron chi connectivity index (χ2n) is 3.80. The average molecular weight is 306 g/mol. The number of benzene rings is 1. The van der Waals surface area contributed by atoms with Crippen LogP contribution in [0.3, 0.4) is 0 Å². The number of hydrogen-bond donors (Lipinski definition) is 2. The highest BCUT2D eigenvalue weighted by Gasteiger charge is 2.33. The maximum Gasteiger partial charge on any atom is 0.417 e. The van der Waals surface area contributed by atoms with Crippen molar-refractivity contribution in [2.45, 2.75) is 12.6 Å². The highest BCUT2D eigenvalue weighted by Crippen LogP contribution is 2.36. The van der Waals surface area contributed by atoms with Crippen molar-refractivity contribution < 1.29 is 18.0 Å². The molecule has 0 fully saturated rings. The zero-order valence-electron chi connectivity index (χ0n) is 10.2. The zero-order valence-corrected chi connectivity index (χ0v) is 11.0. The molecule has 0 unspecified atom stereocenters. The second-order valence-corrected chi connectivity index (χ2v) is 4.21. The summed E-state index contributed by atoms with van der Waals surface area (Å²) in [5, 5.41) is 12.9. The van der Waals surface area contributed by atoms with E-state index < -0.39 is 22.7 Å². The van der Waals surface area contributed by atoms with E-state index in [4.69, 9.17) is 16.9 Å². The largest absolute Gasteiger partial charge is 0.417 e. The van der Waals surface area contributed by atoms with Crippen LogP contribution in [0.15, 0.2) is 18.2 Å². The van der Waals surface area contributed by atoms with Gasteiger partial charge in [0.05, 0.1) is 29.6 Å². The highest BCUT2D eigenvalue weighted by molar-refractivity contribution is 6.31. The van der Waals surface area contributed by atoms with Gasteiger partial charge in [0.2, 0.25) is 5.91 Å². The van der Waals surface area contributed by atoms with E-state index in [2.05, 4.69) is 10.6 Å². The lowest BCUT2D eigenvalue weighted by Gasteiger charge is -2.12. The average Bonchev–Trinajstić information content (AvgIpc) is 2.36. The van der Waals surface area contributed by atoms with E-state index in [-0.39, 0.29) is 25.2 Å². The summed E-state index contributed by atoms with van der Waals surface area (Å²) in [7, 11) is 0. The summed E-state index contributed by atoms with van der Waals surface area (Å²) in [4.78, 5) is 11.3. The first-order chi connectivity index (χ1) is 9.34. The number of carbonyl (C=O) groups excluding carboxylic acids is 1. The summed E-state index contributed by atoms with van der Waals surface area (Å²) >= 11 is 5.47. The standard InChI is InChI=1S/C12H11ClF3N3O/c13-10-3-2-8(6-9(10)12(14,15)16)19-7-11(20)18-5-1-4-17/h2-3,6,19H,1,5,7H2,(H,18,20). The molecule has 0 saturated heterocycles. The summed E-state index contributed by atoms with van der Waals surface area (Å²) in [6, 6.07) is 5.15. The fourth-order valence-corrected chi connectivity index (χ4v) is 1.58. The Morgan fingerprint density at radius 1 is 1.40 bits per heavy atom. The summed E-state index contributed by atoms with van der Waals surface area (Å²) in [5.74, 6) is -0.413. The first-order valence-electron chi connectivity index (χ1n) is 5.59. The van der Waals surface area contributed by atoms with Crippen LogP contribution < -0.4 is 10.6 Å². The number of nitrogens with one attached hydrogen (secondary N) is 2. The smallest absolute Gasteiger partial charge is 0.376 e. The van der Waals surface area contributed by atoms with E-state index in [1.165, 1.54) is 6.07 Å². The zero-order chi connectivity index (χ0) is 15.2. The summed E-state index contributed by atoms with van der Waals surface area (Å²) in [6.07, 6.45) is -4.38. The molecule has 1 amide bonds. The van der Waals surface area contributed by atoms with Gasteiger partial charge in [0, 0.05) is 12.2 Å². The van der Waals surface area contributed by atoms with Crippen LogP contribution >= 0.6 is 11.6 Å². The van der Waals surface area contributed by atoms with E-state index in [0.29, 0.717) is 0 Å². The van der Waals surface area contributed by atoms with Gasteiger partial charge >= 0.3 is 6.18 Å². The predicted molar refractivity (Wildman–Crippen MR) is 68.2 cm³/mol. The number of anilines is 1. The van der Waals surface area contributed by atoms with Crippen molar-refractivity contribution in [3.05, 3.63) is 28.8 Å². The van der Waals surface area contributed by atoms with Crippen LogP contribution in [0.2, 0.25) is 5.02 Å². The van der Waals surface area contributed by atoms with E-state index in [0.717, 1.165) is 12.1 Å². The van der Waals surface area contributed by atoms with Crippen LogP contribution in [0.25, 0.3) is 0 Å². The summed E-state index contributed by atoms with van der Waals surface area (Å²) in [5.41, 5.74) is -0.828. The Bertz CT molecular complexity index is 526. The number of hydrogen-bond acceptors (Lipinski definition) is 3. The van der Waals surface area contributed by atoms with E-state index in [1.54, 1.807) is 0 Å². The van der Waals surface area contributed by atoms with Crippen LogP contribution in [0, 0.1) is 11.3 Å². The second kappa shape index (κ2) is 7.01. The van der Waals surface area contributed by atoms with Crippen molar-refractivity contribution in [1.29, 1.82) is 5.26 Å². The highest BCUT2D eigenvalue weighted by atomic mass is 35.5. The number of amides is 1. The molecule has 0 aliphatic rings. The van der Waals surface area contributed by atoms with Crippen LogP contribution in [-0.2, 0) is 11.0 Å². The van der Waals surface area contributed by atoms with Gasteiger partial charge in [-0.25, -0.2) is 0 Å². The third kappa shape index (κ3) is 4.97. The number of carbonyl (C=O) groups is 1. The minimum Gasteiger partial charge on any atom is -0.376 e. The van der Waals surface area contributed by atoms with Gasteiger partial charge in [-0.3, -0.25) is 4.79 Å². The molecule has 0 aromatic heterocycles. The fourth-order valence-electron chi connectivity index (χ4n) is 1.36. The maximum atomic E-state index is 12.6. The van der Waals surface area contributed by atoms with Gasteiger partial charge in [0.25, 0.3) is 0 Å². The van der Waals surface area contributed by atoms with Crippen LogP contribution in [0.5, 0.6) is 0 Å². The lowest BCUT2D eigenvalue weighted by molar-refractivity contribution is -0.137. The molecule has 0 bridgehead atoms. The molecule has 8 heteroatoms. The molecular weight excluding hydrogens is 295 g/mol. The molecule has 1 rings (SSSR count). The molecule has 1 aromatic carbocycles. The molecule has 0 saturated carbocycles. The third-order valence-electron chi connectivity index (χ3n) is 2.28. The SMILES string of the molecule is N#CCCNC(=O)CNc1ccc(Cl)c(C(F)(F)F)c1. The number of halogens is 4. The minimum atomic E-state index is -4.55. The van der Waals surface area contributed by atoms with Gasteiger partial charge in [-0.1, -0.05) is 11.6 Å². The summed E-state index contributed by atoms with van der Waals surface area (Å²) in [6.45, 7) is 0.00971. The van der Waals surface area contributed by atoms with Gasteiger partial charge < -0.3 is 10.6 Å². The van der Waals surface area contributed by atoms with Crippen molar-refractivity contribution in [3.63, 3.8) is 0 Å². The Balaban J connectivity index is 2.61. The van der Waals surface area contributed by atoms with E-state index in [1.807, 2.05) is 6.07 Å². The Morgan fingerprint density at radius 2 is 2.10 bits per heavy atom. The van der Waals surface area contributed by atoms with Crippen molar-refractivity contribution in [2.24, 2.45) is 0 Å². The summed E-state index contributed by atoms with van der Waals surface area (Å²) < 4.78 is 37.8.